The second kappa shape index (κ2) is 3.74. The van der Waals surface area contributed by atoms with Crippen LogP contribution in [0.5, 0.6) is 0 Å². The van der Waals surface area contributed by atoms with Crippen molar-refractivity contribution in [2.45, 2.75) is 17.9 Å². The summed E-state index contributed by atoms with van der Waals surface area (Å²) in [7, 11) is 0. The van der Waals surface area contributed by atoms with E-state index in [1.54, 1.807) is 0 Å². The fourth-order valence-electron chi connectivity index (χ4n) is 0.478. The number of hydrogen-bond acceptors (Lipinski definition) is 6. The summed E-state index contributed by atoms with van der Waals surface area (Å²) in [6.45, 7) is -0.783. The van der Waals surface area contributed by atoms with Gasteiger partial charge < -0.3 is 20.4 Å². The molecule has 0 aliphatic heterocycles. The smallest absolute Gasteiger partial charge is 0.199 e. The predicted molar refractivity (Wildman–Crippen MR) is 34.3 cm³/mol. The van der Waals surface area contributed by atoms with Gasteiger partial charge in [-0.3, -0.25) is 10.5 Å². The van der Waals surface area contributed by atoms with Crippen molar-refractivity contribution < 1.29 is 25.2 Å². The van der Waals surface area contributed by atoms with Crippen molar-refractivity contribution in [1.29, 1.82) is 0 Å². The molecular weight excluding hydrogens is 154 g/mol. The first-order valence-corrected chi connectivity index (χ1v) is 2.90. The Balaban J connectivity index is 4.21. The van der Waals surface area contributed by atoms with Crippen LogP contribution in [-0.4, -0.2) is 51.3 Å². The molecule has 0 spiro atoms. The number of carbonyl (C=O) groups is 1. The van der Waals surface area contributed by atoms with Gasteiger partial charge in [0.05, 0.1) is 6.61 Å². The van der Waals surface area contributed by atoms with Crippen LogP contribution in [0.3, 0.4) is 0 Å². The highest BCUT2D eigenvalue weighted by atomic mass is 16.4. The summed E-state index contributed by atoms with van der Waals surface area (Å²) in [5, 5.41) is 34.6. The number of hydrogen-bond donors (Lipinski definition) is 5. The average Bonchev–Trinajstić information content (AvgIpc) is 2.01. The topological polar surface area (TPSA) is 124 Å². The summed E-state index contributed by atoms with van der Waals surface area (Å²) in [5.74, 6) is 0. The zero-order valence-corrected chi connectivity index (χ0v) is 5.71. The zero-order valence-electron chi connectivity index (χ0n) is 5.71. The molecule has 0 bridgehead atoms. The van der Waals surface area contributed by atoms with Gasteiger partial charge in [-0.05, 0) is 0 Å². The van der Waals surface area contributed by atoms with Crippen molar-refractivity contribution in [2.24, 2.45) is 5.73 Å². The first-order valence-electron chi connectivity index (χ1n) is 2.90. The Kier molecular flexibility index (Phi) is 3.56. The quantitative estimate of drug-likeness (QED) is 0.218. The second-order valence-corrected chi connectivity index (χ2v) is 2.20. The molecule has 0 aromatic carbocycles. The van der Waals surface area contributed by atoms with E-state index in [4.69, 9.17) is 26.2 Å². The monoisotopic (exact) mass is 165 g/mol. The molecule has 0 heterocycles. The molecule has 0 saturated carbocycles. The second-order valence-electron chi connectivity index (χ2n) is 2.20. The minimum absolute atomic E-state index is 0.115. The zero-order chi connectivity index (χ0) is 9.07. The molecule has 0 aromatic rings. The molecule has 11 heavy (non-hydrogen) atoms. The van der Waals surface area contributed by atoms with E-state index >= 15 is 0 Å². The van der Waals surface area contributed by atoms with E-state index in [9.17, 15) is 4.79 Å². The van der Waals surface area contributed by atoms with Gasteiger partial charge in [0.15, 0.2) is 12.0 Å². The van der Waals surface area contributed by atoms with Crippen LogP contribution in [0.25, 0.3) is 0 Å². The SMILES string of the molecule is N[C@](O)(C=O)C(O)C(O)CO. The van der Waals surface area contributed by atoms with Crippen LogP contribution in [0.2, 0.25) is 0 Å². The normalized spacial score (nSPS) is 21.9. The van der Waals surface area contributed by atoms with E-state index in [0.717, 1.165) is 0 Å². The van der Waals surface area contributed by atoms with Gasteiger partial charge in [0, 0.05) is 0 Å². The van der Waals surface area contributed by atoms with Gasteiger partial charge in [0.2, 0.25) is 0 Å². The average molecular weight is 165 g/mol. The largest absolute Gasteiger partial charge is 0.394 e. The maximum atomic E-state index is 9.96. The number of carbonyl (C=O) groups excluding carboxylic acids is 1. The van der Waals surface area contributed by atoms with E-state index in [-0.39, 0.29) is 6.29 Å². The Hall–Kier alpha value is -0.530. The first kappa shape index (κ1) is 10.5. The summed E-state index contributed by atoms with van der Waals surface area (Å²) in [4.78, 5) is 9.96. The number of aldehydes is 1. The van der Waals surface area contributed by atoms with Crippen molar-refractivity contribution in [1.82, 2.24) is 0 Å². The van der Waals surface area contributed by atoms with E-state index in [2.05, 4.69) is 0 Å². The summed E-state index contributed by atoms with van der Waals surface area (Å²) in [6.07, 6.45) is -3.63. The molecule has 0 aromatic heterocycles. The Bertz CT molecular complexity index is 137. The van der Waals surface area contributed by atoms with Crippen molar-refractivity contribution >= 4 is 6.29 Å². The highest BCUT2D eigenvalue weighted by Crippen LogP contribution is 2.04. The molecule has 0 saturated heterocycles. The molecule has 6 N–H and O–H groups in total. The molecule has 0 rings (SSSR count). The Morgan fingerprint density at radius 1 is 1.55 bits per heavy atom. The lowest BCUT2D eigenvalue weighted by atomic mass is 10.0. The molecule has 66 valence electrons. The summed E-state index contributed by atoms with van der Waals surface area (Å²) >= 11 is 0. The highest BCUT2D eigenvalue weighted by molar-refractivity contribution is 5.62. The van der Waals surface area contributed by atoms with E-state index in [0.29, 0.717) is 0 Å². The van der Waals surface area contributed by atoms with Crippen LogP contribution < -0.4 is 5.73 Å². The lowest BCUT2D eigenvalue weighted by Crippen LogP contribution is -2.57. The first-order chi connectivity index (χ1) is 4.95. The number of nitrogens with two attached hydrogens (primary N) is 1. The molecule has 0 aliphatic carbocycles. The summed E-state index contributed by atoms with van der Waals surface area (Å²) < 4.78 is 0. The third-order valence-corrected chi connectivity index (χ3v) is 1.21. The van der Waals surface area contributed by atoms with Gasteiger partial charge in [-0.2, -0.15) is 0 Å². The van der Waals surface area contributed by atoms with Gasteiger partial charge in [0.25, 0.3) is 0 Å². The molecule has 6 nitrogen and oxygen atoms in total. The van der Waals surface area contributed by atoms with Gasteiger partial charge in [-0.15, -0.1) is 0 Å². The number of aliphatic hydroxyl groups is 4. The summed E-state index contributed by atoms with van der Waals surface area (Å²) in [5.41, 5.74) is 2.29. The Morgan fingerprint density at radius 2 is 2.00 bits per heavy atom. The Morgan fingerprint density at radius 3 is 2.27 bits per heavy atom. The maximum Gasteiger partial charge on any atom is 0.199 e. The maximum absolute atomic E-state index is 9.96. The predicted octanol–water partition coefficient (Wildman–Crippen LogP) is -3.45. The lowest BCUT2D eigenvalue weighted by Gasteiger charge is -2.25. The molecule has 3 atom stereocenters. The minimum Gasteiger partial charge on any atom is -0.394 e. The third kappa shape index (κ3) is 2.52. The standard InChI is InChI=1S/C5H11NO5/c6-5(11,2-8)4(10)3(9)1-7/h2-4,7,9-11H,1,6H2/t3?,4?,5-/m0/s1. The van der Waals surface area contributed by atoms with Crippen LogP contribution in [-0.2, 0) is 4.79 Å². The molecule has 2 unspecified atom stereocenters. The van der Waals surface area contributed by atoms with Gasteiger partial charge in [-0.25, -0.2) is 0 Å². The fourth-order valence-corrected chi connectivity index (χ4v) is 0.478. The van der Waals surface area contributed by atoms with E-state index in [1.165, 1.54) is 0 Å². The van der Waals surface area contributed by atoms with Gasteiger partial charge in [0.1, 0.15) is 12.2 Å². The minimum atomic E-state index is -2.51. The third-order valence-electron chi connectivity index (χ3n) is 1.21. The number of rotatable bonds is 4. The van der Waals surface area contributed by atoms with Crippen LogP contribution in [0, 0.1) is 0 Å². The Labute approximate surface area is 62.9 Å². The molecule has 0 radical (unpaired) electrons. The molecule has 0 fully saturated rings. The lowest BCUT2D eigenvalue weighted by molar-refractivity contribution is -0.151. The fraction of sp³-hybridized carbons (Fsp3) is 0.800. The van der Waals surface area contributed by atoms with E-state index in [1.807, 2.05) is 0 Å². The summed E-state index contributed by atoms with van der Waals surface area (Å²) in [6, 6.07) is 0. The van der Waals surface area contributed by atoms with E-state index < -0.39 is 24.5 Å². The van der Waals surface area contributed by atoms with Gasteiger partial charge in [-0.1, -0.05) is 0 Å². The molecule has 0 aliphatic rings. The van der Waals surface area contributed by atoms with Crippen molar-refractivity contribution in [3.05, 3.63) is 0 Å². The van der Waals surface area contributed by atoms with Crippen molar-refractivity contribution in [3.8, 4) is 0 Å². The van der Waals surface area contributed by atoms with Crippen molar-refractivity contribution in [3.63, 3.8) is 0 Å². The molecule has 0 amide bonds. The molecular formula is C5H11NO5. The van der Waals surface area contributed by atoms with Crippen LogP contribution in [0.4, 0.5) is 0 Å². The highest BCUT2D eigenvalue weighted by Gasteiger charge is 2.35. The van der Waals surface area contributed by atoms with Crippen LogP contribution in [0.1, 0.15) is 0 Å². The van der Waals surface area contributed by atoms with Crippen molar-refractivity contribution in [2.75, 3.05) is 6.61 Å². The van der Waals surface area contributed by atoms with Crippen LogP contribution >= 0.6 is 0 Å². The van der Waals surface area contributed by atoms with Crippen LogP contribution in [0.15, 0.2) is 0 Å². The molecule has 6 heteroatoms. The van der Waals surface area contributed by atoms with Gasteiger partial charge >= 0.3 is 0 Å². The number of aliphatic hydroxyl groups excluding tert-OH is 3.